The smallest absolute Gasteiger partial charge is 0.137 e. The third-order valence-electron chi connectivity index (χ3n) is 3.10. The van der Waals surface area contributed by atoms with E-state index >= 15 is 0 Å². The Morgan fingerprint density at radius 2 is 2.26 bits per heavy atom. The Kier molecular flexibility index (Phi) is 6.69. The van der Waals surface area contributed by atoms with Gasteiger partial charge >= 0.3 is 0 Å². The third-order valence-corrected chi connectivity index (χ3v) is 3.70. The quantitative estimate of drug-likeness (QED) is 0.581. The highest BCUT2D eigenvalue weighted by molar-refractivity contribution is 9.10. The summed E-state index contributed by atoms with van der Waals surface area (Å²) in [5.74, 6) is -0.234. The van der Waals surface area contributed by atoms with Crippen molar-refractivity contribution in [2.75, 3.05) is 26.8 Å². The number of methoxy groups -OCH3 is 1. The number of halogens is 2. The van der Waals surface area contributed by atoms with E-state index in [1.165, 1.54) is 6.07 Å². The van der Waals surface area contributed by atoms with Crippen LogP contribution >= 0.6 is 15.9 Å². The summed E-state index contributed by atoms with van der Waals surface area (Å²) in [6, 6.07) is 5.13. The Labute approximate surface area is 123 Å². The average molecular weight is 330 g/mol. The molecule has 19 heavy (non-hydrogen) atoms. The van der Waals surface area contributed by atoms with Crippen molar-refractivity contribution in [1.82, 2.24) is 5.32 Å². The SMILES string of the molecule is C=CC(C)(CNCCOC)Cc1ccc(F)c(Br)c1. The molecule has 1 N–H and O–H groups in total. The van der Waals surface area contributed by atoms with Crippen LogP contribution in [0.2, 0.25) is 0 Å². The summed E-state index contributed by atoms with van der Waals surface area (Å²) in [6.45, 7) is 8.36. The van der Waals surface area contributed by atoms with Gasteiger partial charge in [0.05, 0.1) is 11.1 Å². The van der Waals surface area contributed by atoms with Gasteiger partial charge in [0.2, 0.25) is 0 Å². The first kappa shape index (κ1) is 16.3. The van der Waals surface area contributed by atoms with Crippen LogP contribution in [0, 0.1) is 11.2 Å². The molecule has 0 spiro atoms. The molecule has 0 fully saturated rings. The molecular formula is C15H21BrFNO. The molecule has 0 aromatic heterocycles. The molecule has 1 rings (SSSR count). The van der Waals surface area contributed by atoms with Crippen molar-refractivity contribution < 1.29 is 9.13 Å². The van der Waals surface area contributed by atoms with Crippen molar-refractivity contribution in [1.29, 1.82) is 0 Å². The van der Waals surface area contributed by atoms with Crippen LogP contribution in [-0.4, -0.2) is 26.8 Å². The fraction of sp³-hybridized carbons (Fsp3) is 0.467. The highest BCUT2D eigenvalue weighted by Gasteiger charge is 2.20. The lowest BCUT2D eigenvalue weighted by Gasteiger charge is -2.26. The number of hydrogen-bond acceptors (Lipinski definition) is 2. The van der Waals surface area contributed by atoms with Crippen molar-refractivity contribution >= 4 is 15.9 Å². The molecule has 2 nitrogen and oxygen atoms in total. The average Bonchev–Trinajstić information content (AvgIpc) is 2.39. The van der Waals surface area contributed by atoms with Crippen molar-refractivity contribution in [2.45, 2.75) is 13.3 Å². The summed E-state index contributed by atoms with van der Waals surface area (Å²) in [6.07, 6.45) is 2.76. The molecule has 0 radical (unpaired) electrons. The number of rotatable bonds is 8. The lowest BCUT2D eigenvalue weighted by atomic mass is 9.83. The maximum atomic E-state index is 13.2. The maximum Gasteiger partial charge on any atom is 0.137 e. The summed E-state index contributed by atoms with van der Waals surface area (Å²) in [7, 11) is 1.68. The van der Waals surface area contributed by atoms with E-state index in [9.17, 15) is 4.39 Å². The molecule has 0 amide bonds. The van der Waals surface area contributed by atoms with Gasteiger partial charge in [0, 0.05) is 25.6 Å². The first-order chi connectivity index (χ1) is 9.00. The Morgan fingerprint density at radius 1 is 1.53 bits per heavy atom. The third kappa shape index (κ3) is 5.43. The maximum absolute atomic E-state index is 13.2. The van der Waals surface area contributed by atoms with Gasteiger partial charge in [-0.2, -0.15) is 0 Å². The van der Waals surface area contributed by atoms with Crippen LogP contribution in [0.1, 0.15) is 12.5 Å². The zero-order valence-electron chi connectivity index (χ0n) is 11.5. The van der Waals surface area contributed by atoms with E-state index in [0.717, 1.165) is 25.1 Å². The van der Waals surface area contributed by atoms with Crippen LogP contribution in [0.15, 0.2) is 35.3 Å². The fourth-order valence-corrected chi connectivity index (χ4v) is 2.30. The topological polar surface area (TPSA) is 21.3 Å². The number of hydrogen-bond donors (Lipinski definition) is 1. The molecule has 1 unspecified atom stereocenters. The van der Waals surface area contributed by atoms with E-state index in [0.29, 0.717) is 11.1 Å². The standard InChI is InChI=1S/C15H21BrFNO/c1-4-15(2,11-18-7-8-19-3)10-12-5-6-14(17)13(16)9-12/h4-6,9,18H,1,7-8,10-11H2,2-3H3. The largest absolute Gasteiger partial charge is 0.383 e. The van der Waals surface area contributed by atoms with E-state index in [1.54, 1.807) is 7.11 Å². The van der Waals surface area contributed by atoms with E-state index in [-0.39, 0.29) is 11.2 Å². The lowest BCUT2D eigenvalue weighted by Crippen LogP contribution is -2.33. The molecule has 106 valence electrons. The fourth-order valence-electron chi connectivity index (χ4n) is 1.87. The molecule has 1 aromatic carbocycles. The normalized spacial score (nSPS) is 14.1. The second kappa shape index (κ2) is 7.78. The van der Waals surface area contributed by atoms with Crippen molar-refractivity contribution in [2.24, 2.45) is 5.41 Å². The van der Waals surface area contributed by atoms with Gasteiger partial charge in [-0.3, -0.25) is 0 Å². The first-order valence-electron chi connectivity index (χ1n) is 6.28. The minimum atomic E-state index is -0.234. The van der Waals surface area contributed by atoms with Gasteiger partial charge in [0.1, 0.15) is 5.82 Å². The molecule has 0 bridgehead atoms. The van der Waals surface area contributed by atoms with Crippen LogP contribution in [0.5, 0.6) is 0 Å². The molecule has 0 aliphatic rings. The molecule has 0 saturated heterocycles. The van der Waals surface area contributed by atoms with Crippen molar-refractivity contribution in [3.05, 3.63) is 46.7 Å². The molecule has 0 aliphatic carbocycles. The zero-order chi connectivity index (χ0) is 14.3. The minimum absolute atomic E-state index is 0.0645. The second-order valence-corrected chi connectivity index (χ2v) is 5.81. The van der Waals surface area contributed by atoms with Gasteiger partial charge < -0.3 is 10.1 Å². The predicted molar refractivity (Wildman–Crippen MR) is 80.9 cm³/mol. The Morgan fingerprint density at radius 3 is 2.84 bits per heavy atom. The molecule has 0 saturated carbocycles. The number of benzene rings is 1. The lowest BCUT2D eigenvalue weighted by molar-refractivity contribution is 0.196. The number of nitrogens with one attached hydrogen (secondary N) is 1. The highest BCUT2D eigenvalue weighted by atomic mass is 79.9. The van der Waals surface area contributed by atoms with Crippen LogP contribution in [0.3, 0.4) is 0 Å². The summed E-state index contributed by atoms with van der Waals surface area (Å²) in [5, 5.41) is 3.34. The zero-order valence-corrected chi connectivity index (χ0v) is 13.1. The van der Waals surface area contributed by atoms with Crippen LogP contribution < -0.4 is 5.32 Å². The molecule has 0 heterocycles. The van der Waals surface area contributed by atoms with E-state index < -0.39 is 0 Å². The van der Waals surface area contributed by atoms with Crippen molar-refractivity contribution in [3.8, 4) is 0 Å². The molecular weight excluding hydrogens is 309 g/mol. The van der Waals surface area contributed by atoms with E-state index in [2.05, 4.69) is 34.7 Å². The van der Waals surface area contributed by atoms with Gasteiger partial charge in [-0.1, -0.05) is 19.1 Å². The van der Waals surface area contributed by atoms with Crippen LogP contribution in [0.25, 0.3) is 0 Å². The number of ether oxygens (including phenoxy) is 1. The molecule has 1 aromatic rings. The Bertz CT molecular complexity index is 425. The van der Waals surface area contributed by atoms with Gasteiger partial charge in [-0.15, -0.1) is 6.58 Å². The summed E-state index contributed by atoms with van der Waals surface area (Å²) < 4.78 is 18.7. The second-order valence-electron chi connectivity index (χ2n) is 4.95. The minimum Gasteiger partial charge on any atom is -0.383 e. The van der Waals surface area contributed by atoms with Gasteiger partial charge in [0.25, 0.3) is 0 Å². The Balaban J connectivity index is 2.63. The monoisotopic (exact) mass is 329 g/mol. The van der Waals surface area contributed by atoms with Crippen LogP contribution in [0.4, 0.5) is 4.39 Å². The first-order valence-corrected chi connectivity index (χ1v) is 7.07. The van der Waals surface area contributed by atoms with Gasteiger partial charge in [-0.05, 0) is 40.0 Å². The van der Waals surface area contributed by atoms with Gasteiger partial charge in [-0.25, -0.2) is 4.39 Å². The van der Waals surface area contributed by atoms with E-state index in [1.807, 2.05) is 18.2 Å². The summed E-state index contributed by atoms with van der Waals surface area (Å²) in [4.78, 5) is 0. The molecule has 1 atom stereocenters. The Hall–Kier alpha value is -0.710. The molecule has 4 heteroatoms. The van der Waals surface area contributed by atoms with Crippen LogP contribution in [-0.2, 0) is 11.2 Å². The van der Waals surface area contributed by atoms with Gasteiger partial charge in [0.15, 0.2) is 0 Å². The summed E-state index contributed by atoms with van der Waals surface area (Å²) in [5.41, 5.74) is 1.02. The summed E-state index contributed by atoms with van der Waals surface area (Å²) >= 11 is 3.22. The predicted octanol–water partition coefficient (Wildman–Crippen LogP) is 3.56. The van der Waals surface area contributed by atoms with Crippen molar-refractivity contribution in [3.63, 3.8) is 0 Å². The van der Waals surface area contributed by atoms with E-state index in [4.69, 9.17) is 4.74 Å². The highest BCUT2D eigenvalue weighted by Crippen LogP contribution is 2.25. The molecule has 0 aliphatic heterocycles.